The van der Waals surface area contributed by atoms with Crippen molar-refractivity contribution < 1.29 is 28.2 Å². The number of benzene rings is 3. The standard InChI is InChI=1S/C29H24BrN3O7/c1-4-38-24-12-17(20(30)14-25(24)39-16-27(34)37-3)15-31-33-28(32-21-9-6-5-8-18(21)29(33)35)26-13-19-22(36-2)10-7-11-23(19)40-26/h5-15H,4,16H2,1-3H3. The molecule has 204 valence electrons. The molecule has 3 aromatic carbocycles. The molecular weight excluding hydrogens is 582 g/mol. The van der Waals surface area contributed by atoms with E-state index < -0.39 is 5.97 Å². The number of aromatic nitrogens is 2. The molecule has 0 aliphatic carbocycles. The molecule has 0 unspecified atom stereocenters. The van der Waals surface area contributed by atoms with Crippen molar-refractivity contribution in [3.8, 4) is 28.8 Å². The average Bonchev–Trinajstić information content (AvgIpc) is 3.41. The summed E-state index contributed by atoms with van der Waals surface area (Å²) < 4.78 is 29.3. The molecule has 0 aliphatic rings. The molecule has 10 nitrogen and oxygen atoms in total. The van der Waals surface area contributed by atoms with Crippen LogP contribution in [0.25, 0.3) is 33.5 Å². The molecule has 0 saturated heterocycles. The van der Waals surface area contributed by atoms with Crippen molar-refractivity contribution in [2.75, 3.05) is 27.4 Å². The van der Waals surface area contributed by atoms with Crippen LogP contribution in [0.2, 0.25) is 0 Å². The SMILES string of the molecule is CCOc1cc(C=Nn2c(-c3cc4c(OC)cccc4o3)nc3ccccc3c2=O)c(Br)cc1OCC(=O)OC. The first-order valence-electron chi connectivity index (χ1n) is 12.2. The number of methoxy groups -OCH3 is 2. The fourth-order valence-corrected chi connectivity index (χ4v) is 4.48. The summed E-state index contributed by atoms with van der Waals surface area (Å²) in [6.07, 6.45) is 1.50. The second-order valence-electron chi connectivity index (χ2n) is 8.42. The lowest BCUT2D eigenvalue weighted by molar-refractivity contribution is -0.142. The van der Waals surface area contributed by atoms with Gasteiger partial charge in [-0.25, -0.2) is 9.78 Å². The molecule has 0 saturated carbocycles. The Bertz CT molecular complexity index is 1810. The molecule has 0 spiro atoms. The summed E-state index contributed by atoms with van der Waals surface area (Å²) in [6.45, 7) is 1.91. The maximum Gasteiger partial charge on any atom is 0.343 e. The number of esters is 1. The quantitative estimate of drug-likeness (QED) is 0.162. The monoisotopic (exact) mass is 605 g/mol. The number of nitrogens with zero attached hydrogens (tertiary/aromatic N) is 3. The van der Waals surface area contributed by atoms with E-state index in [9.17, 15) is 9.59 Å². The maximum atomic E-state index is 13.6. The van der Waals surface area contributed by atoms with E-state index in [-0.39, 0.29) is 18.0 Å². The molecule has 5 aromatic rings. The van der Waals surface area contributed by atoms with Gasteiger partial charge in [0.2, 0.25) is 5.82 Å². The summed E-state index contributed by atoms with van der Waals surface area (Å²) in [5.74, 6) is 1.41. The number of carbonyl (C=O) groups excluding carboxylic acids is 1. The fourth-order valence-electron chi connectivity index (χ4n) is 4.06. The number of hydrogen-bond donors (Lipinski definition) is 0. The minimum Gasteiger partial charge on any atom is -0.496 e. The van der Waals surface area contributed by atoms with Crippen LogP contribution >= 0.6 is 15.9 Å². The largest absolute Gasteiger partial charge is 0.496 e. The lowest BCUT2D eigenvalue weighted by Gasteiger charge is -2.13. The predicted molar refractivity (Wildman–Crippen MR) is 154 cm³/mol. The van der Waals surface area contributed by atoms with E-state index in [0.717, 1.165) is 5.39 Å². The van der Waals surface area contributed by atoms with Crippen LogP contribution in [-0.4, -0.2) is 49.3 Å². The highest BCUT2D eigenvalue weighted by Crippen LogP contribution is 2.34. The molecule has 2 aromatic heterocycles. The van der Waals surface area contributed by atoms with Crippen molar-refractivity contribution in [2.24, 2.45) is 5.10 Å². The van der Waals surface area contributed by atoms with E-state index in [4.69, 9.17) is 23.6 Å². The van der Waals surface area contributed by atoms with E-state index in [2.05, 4.69) is 25.8 Å². The zero-order chi connectivity index (χ0) is 28.2. The minimum absolute atomic E-state index is 0.220. The summed E-state index contributed by atoms with van der Waals surface area (Å²) in [5.41, 5.74) is 1.31. The van der Waals surface area contributed by atoms with Crippen LogP contribution in [0.4, 0.5) is 0 Å². The zero-order valence-corrected chi connectivity index (χ0v) is 23.4. The predicted octanol–water partition coefficient (Wildman–Crippen LogP) is 5.41. The van der Waals surface area contributed by atoms with Gasteiger partial charge in [0.1, 0.15) is 11.3 Å². The molecule has 2 heterocycles. The molecule has 11 heteroatoms. The molecule has 0 radical (unpaired) electrons. The second kappa shape index (κ2) is 11.6. The fraction of sp³-hybridized carbons (Fsp3) is 0.172. The van der Waals surface area contributed by atoms with Crippen LogP contribution in [0, 0.1) is 0 Å². The average molecular weight is 606 g/mol. The van der Waals surface area contributed by atoms with Crippen molar-refractivity contribution in [2.45, 2.75) is 6.92 Å². The number of rotatable bonds is 9. The first-order chi connectivity index (χ1) is 19.4. The van der Waals surface area contributed by atoms with Gasteiger partial charge in [0, 0.05) is 10.0 Å². The Hall–Kier alpha value is -4.64. The lowest BCUT2D eigenvalue weighted by atomic mass is 10.2. The van der Waals surface area contributed by atoms with Crippen molar-refractivity contribution >= 4 is 50.0 Å². The van der Waals surface area contributed by atoms with Crippen LogP contribution in [0.3, 0.4) is 0 Å². The van der Waals surface area contributed by atoms with Gasteiger partial charge in [-0.05, 0) is 65.3 Å². The topological polar surface area (TPSA) is 114 Å². The summed E-state index contributed by atoms with van der Waals surface area (Å²) >= 11 is 3.51. The number of fused-ring (bicyclic) bond motifs is 2. The van der Waals surface area contributed by atoms with Gasteiger partial charge in [0.25, 0.3) is 5.56 Å². The molecule has 0 amide bonds. The Labute approximate surface area is 236 Å². The highest BCUT2D eigenvalue weighted by atomic mass is 79.9. The Morgan fingerprint density at radius 2 is 1.82 bits per heavy atom. The van der Waals surface area contributed by atoms with Gasteiger partial charge in [-0.2, -0.15) is 9.78 Å². The second-order valence-corrected chi connectivity index (χ2v) is 9.27. The van der Waals surface area contributed by atoms with Crippen molar-refractivity contribution in [1.82, 2.24) is 9.66 Å². The van der Waals surface area contributed by atoms with Gasteiger partial charge in [-0.15, -0.1) is 0 Å². The number of para-hydroxylation sites is 1. The van der Waals surface area contributed by atoms with E-state index in [1.54, 1.807) is 43.5 Å². The minimum atomic E-state index is -0.525. The molecule has 0 N–H and O–H groups in total. The lowest BCUT2D eigenvalue weighted by Crippen LogP contribution is -2.20. The van der Waals surface area contributed by atoms with Gasteiger partial charge in [0.05, 0.1) is 43.3 Å². The highest BCUT2D eigenvalue weighted by molar-refractivity contribution is 9.10. The van der Waals surface area contributed by atoms with Crippen LogP contribution in [-0.2, 0) is 9.53 Å². The van der Waals surface area contributed by atoms with Crippen LogP contribution < -0.4 is 19.8 Å². The number of ether oxygens (including phenoxy) is 4. The van der Waals surface area contributed by atoms with Crippen molar-refractivity contribution in [1.29, 1.82) is 0 Å². The van der Waals surface area contributed by atoms with Crippen LogP contribution in [0.1, 0.15) is 12.5 Å². The smallest absolute Gasteiger partial charge is 0.343 e. The third-order valence-electron chi connectivity index (χ3n) is 5.96. The number of furan rings is 1. The summed E-state index contributed by atoms with van der Waals surface area (Å²) in [5, 5.41) is 5.66. The maximum absolute atomic E-state index is 13.6. The Morgan fingerprint density at radius 1 is 1.02 bits per heavy atom. The Morgan fingerprint density at radius 3 is 2.60 bits per heavy atom. The third kappa shape index (κ3) is 5.28. The van der Waals surface area contributed by atoms with Crippen LogP contribution in [0.15, 0.2) is 79.4 Å². The van der Waals surface area contributed by atoms with E-state index in [0.29, 0.717) is 56.1 Å². The summed E-state index contributed by atoms with van der Waals surface area (Å²) in [6, 6.07) is 17.6. The molecule has 0 aliphatic heterocycles. The van der Waals surface area contributed by atoms with Gasteiger partial charge in [0.15, 0.2) is 23.9 Å². The van der Waals surface area contributed by atoms with Gasteiger partial charge >= 0.3 is 5.97 Å². The third-order valence-corrected chi connectivity index (χ3v) is 6.65. The number of halogens is 1. The van der Waals surface area contributed by atoms with Crippen molar-refractivity contribution in [3.63, 3.8) is 0 Å². The molecule has 5 rings (SSSR count). The first kappa shape index (κ1) is 26.9. The van der Waals surface area contributed by atoms with Gasteiger partial charge < -0.3 is 23.4 Å². The van der Waals surface area contributed by atoms with Gasteiger partial charge in [-0.1, -0.05) is 18.2 Å². The van der Waals surface area contributed by atoms with E-state index in [1.165, 1.54) is 18.0 Å². The molecule has 40 heavy (non-hydrogen) atoms. The van der Waals surface area contributed by atoms with E-state index >= 15 is 0 Å². The number of carbonyl (C=O) groups is 1. The normalized spacial score (nSPS) is 11.3. The Balaban J connectivity index is 1.63. The molecule has 0 fully saturated rings. The van der Waals surface area contributed by atoms with Gasteiger partial charge in [-0.3, -0.25) is 4.79 Å². The number of hydrogen-bond acceptors (Lipinski definition) is 9. The molecule has 0 bridgehead atoms. The zero-order valence-electron chi connectivity index (χ0n) is 21.8. The first-order valence-corrected chi connectivity index (χ1v) is 13.0. The van der Waals surface area contributed by atoms with Crippen molar-refractivity contribution in [3.05, 3.63) is 81.1 Å². The molecular formula is C29H24BrN3O7. The highest BCUT2D eigenvalue weighted by Gasteiger charge is 2.18. The Kier molecular flexibility index (Phi) is 7.83. The summed E-state index contributed by atoms with van der Waals surface area (Å²) in [4.78, 5) is 29.9. The molecule has 0 atom stereocenters. The van der Waals surface area contributed by atoms with Crippen LogP contribution in [0.5, 0.6) is 17.2 Å². The summed E-state index contributed by atoms with van der Waals surface area (Å²) in [7, 11) is 2.86. The van der Waals surface area contributed by atoms with E-state index in [1.807, 2.05) is 31.2 Å².